The summed E-state index contributed by atoms with van der Waals surface area (Å²) in [5.74, 6) is 1.36. The molecule has 0 spiro atoms. The molecule has 25 heavy (non-hydrogen) atoms. The van der Waals surface area contributed by atoms with E-state index in [1.165, 1.54) is 26.4 Å². The first-order chi connectivity index (χ1) is 11.9. The Kier molecular flexibility index (Phi) is 6.95. The molecule has 0 atom stereocenters. The maximum atomic E-state index is 12.5. The summed E-state index contributed by atoms with van der Waals surface area (Å²) in [6.07, 6.45) is 0. The van der Waals surface area contributed by atoms with E-state index in [2.05, 4.69) is 20.7 Å². The van der Waals surface area contributed by atoms with Crippen LogP contribution in [0.1, 0.15) is 0 Å². The Bertz CT molecular complexity index is 827. The third-order valence-electron chi connectivity index (χ3n) is 3.20. The van der Waals surface area contributed by atoms with Gasteiger partial charge < -0.3 is 14.2 Å². The first kappa shape index (κ1) is 19.8. The van der Waals surface area contributed by atoms with E-state index in [4.69, 9.17) is 25.8 Å². The SMILES string of the molecule is COc1cc(Br)c(S(=O)(=O)NCCOc2ccc(Cl)cc2)cc1OC. The van der Waals surface area contributed by atoms with Gasteiger partial charge in [-0.25, -0.2) is 13.1 Å². The van der Waals surface area contributed by atoms with Crippen molar-refractivity contribution in [3.63, 3.8) is 0 Å². The van der Waals surface area contributed by atoms with Crippen LogP contribution >= 0.6 is 27.5 Å². The third kappa shape index (κ3) is 5.24. The molecule has 0 amide bonds. The van der Waals surface area contributed by atoms with Gasteiger partial charge in [0.15, 0.2) is 11.5 Å². The summed E-state index contributed by atoms with van der Waals surface area (Å²) in [6.45, 7) is 0.275. The molecule has 2 rings (SSSR count). The standard InChI is InChI=1S/C16H17BrClNO5S/c1-22-14-9-13(17)16(10-15(14)23-2)25(20,21)19-7-8-24-12-5-3-11(18)4-6-12/h3-6,9-10,19H,7-8H2,1-2H3. The first-order valence-electron chi connectivity index (χ1n) is 7.17. The van der Waals surface area contributed by atoms with Gasteiger partial charge in [0.1, 0.15) is 17.3 Å². The lowest BCUT2D eigenvalue weighted by molar-refractivity contribution is 0.323. The van der Waals surface area contributed by atoms with E-state index in [1.807, 2.05) is 0 Å². The van der Waals surface area contributed by atoms with Gasteiger partial charge in [-0.1, -0.05) is 11.6 Å². The van der Waals surface area contributed by atoms with E-state index in [0.717, 1.165) is 0 Å². The lowest BCUT2D eigenvalue weighted by Crippen LogP contribution is -2.28. The van der Waals surface area contributed by atoms with Crippen molar-refractivity contribution in [2.45, 2.75) is 4.90 Å². The number of methoxy groups -OCH3 is 2. The van der Waals surface area contributed by atoms with E-state index in [1.54, 1.807) is 24.3 Å². The number of hydrogen-bond donors (Lipinski definition) is 1. The van der Waals surface area contributed by atoms with Crippen molar-refractivity contribution in [2.24, 2.45) is 0 Å². The maximum absolute atomic E-state index is 12.5. The number of nitrogens with one attached hydrogen (secondary N) is 1. The zero-order valence-corrected chi connectivity index (χ0v) is 16.7. The molecule has 0 aromatic heterocycles. The second-order valence-corrected chi connectivity index (χ2v) is 7.86. The Labute approximate surface area is 160 Å². The van der Waals surface area contributed by atoms with Gasteiger partial charge in [-0.15, -0.1) is 0 Å². The largest absolute Gasteiger partial charge is 0.493 e. The lowest BCUT2D eigenvalue weighted by atomic mass is 10.3. The van der Waals surface area contributed by atoms with Gasteiger partial charge in [-0.05, 0) is 46.3 Å². The van der Waals surface area contributed by atoms with Crippen molar-refractivity contribution in [3.05, 3.63) is 45.9 Å². The van der Waals surface area contributed by atoms with Crippen LogP contribution in [0.4, 0.5) is 0 Å². The molecular weight excluding hydrogens is 434 g/mol. The molecule has 0 unspecified atom stereocenters. The van der Waals surface area contributed by atoms with Crippen molar-refractivity contribution in [3.8, 4) is 17.2 Å². The van der Waals surface area contributed by atoms with Crippen molar-refractivity contribution < 1.29 is 22.6 Å². The second kappa shape index (κ2) is 8.75. The summed E-state index contributed by atoms with van der Waals surface area (Å²) in [5.41, 5.74) is 0. The highest BCUT2D eigenvalue weighted by atomic mass is 79.9. The number of halogens is 2. The monoisotopic (exact) mass is 449 g/mol. The highest BCUT2D eigenvalue weighted by molar-refractivity contribution is 9.10. The van der Waals surface area contributed by atoms with E-state index in [-0.39, 0.29) is 18.0 Å². The first-order valence-corrected chi connectivity index (χ1v) is 9.82. The Morgan fingerprint density at radius 2 is 1.68 bits per heavy atom. The summed E-state index contributed by atoms with van der Waals surface area (Å²) in [7, 11) is -0.826. The maximum Gasteiger partial charge on any atom is 0.241 e. The molecule has 0 aliphatic rings. The fourth-order valence-electron chi connectivity index (χ4n) is 1.99. The van der Waals surface area contributed by atoms with Gasteiger partial charge in [0.25, 0.3) is 0 Å². The Morgan fingerprint density at radius 3 is 2.28 bits per heavy atom. The summed E-state index contributed by atoms with van der Waals surface area (Å²) >= 11 is 9.03. The predicted octanol–water partition coefficient (Wildman–Crippen LogP) is 3.48. The van der Waals surface area contributed by atoms with Crippen LogP contribution in [0.3, 0.4) is 0 Å². The lowest BCUT2D eigenvalue weighted by Gasteiger charge is -2.13. The fraction of sp³-hybridized carbons (Fsp3) is 0.250. The molecule has 0 saturated carbocycles. The van der Waals surface area contributed by atoms with Crippen LogP contribution in [0.2, 0.25) is 5.02 Å². The molecule has 0 radical (unpaired) electrons. The van der Waals surface area contributed by atoms with Gasteiger partial charge >= 0.3 is 0 Å². The summed E-state index contributed by atoms with van der Waals surface area (Å²) in [4.78, 5) is 0.0524. The minimum absolute atomic E-state index is 0.0524. The summed E-state index contributed by atoms with van der Waals surface area (Å²) < 4.78 is 43.5. The number of ether oxygens (including phenoxy) is 3. The van der Waals surface area contributed by atoms with Crippen molar-refractivity contribution >= 4 is 37.6 Å². The summed E-state index contributed by atoms with van der Waals surface area (Å²) in [6, 6.07) is 9.75. The van der Waals surface area contributed by atoms with Crippen LogP contribution in [0.25, 0.3) is 0 Å². The average Bonchev–Trinajstić information content (AvgIpc) is 2.59. The molecule has 2 aromatic rings. The molecule has 0 heterocycles. The molecule has 0 saturated heterocycles. The topological polar surface area (TPSA) is 73.9 Å². The Balaban J connectivity index is 2.02. The smallest absolute Gasteiger partial charge is 0.241 e. The molecule has 9 heteroatoms. The molecule has 0 aliphatic heterocycles. The van der Waals surface area contributed by atoms with Crippen molar-refractivity contribution in [1.29, 1.82) is 0 Å². The highest BCUT2D eigenvalue weighted by Crippen LogP contribution is 2.35. The second-order valence-electron chi connectivity index (χ2n) is 4.84. The van der Waals surface area contributed by atoms with Crippen molar-refractivity contribution in [2.75, 3.05) is 27.4 Å². The molecular formula is C16H17BrClNO5S. The minimum atomic E-state index is -3.74. The third-order valence-corrected chi connectivity index (χ3v) is 5.88. The number of sulfonamides is 1. The average molecular weight is 451 g/mol. The zero-order valence-electron chi connectivity index (χ0n) is 13.6. The van der Waals surface area contributed by atoms with Gasteiger partial charge in [0.2, 0.25) is 10.0 Å². The van der Waals surface area contributed by atoms with Gasteiger partial charge in [-0.3, -0.25) is 0 Å². The molecule has 136 valence electrons. The van der Waals surface area contributed by atoms with Gasteiger partial charge in [0.05, 0.1) is 14.2 Å². The molecule has 0 aliphatic carbocycles. The molecule has 0 fully saturated rings. The molecule has 6 nitrogen and oxygen atoms in total. The fourth-order valence-corrected chi connectivity index (χ4v) is 4.17. The van der Waals surface area contributed by atoms with E-state index in [9.17, 15) is 8.42 Å². The summed E-state index contributed by atoms with van der Waals surface area (Å²) in [5, 5.41) is 0.603. The highest BCUT2D eigenvalue weighted by Gasteiger charge is 2.20. The quantitative estimate of drug-likeness (QED) is 0.623. The van der Waals surface area contributed by atoms with E-state index in [0.29, 0.717) is 26.7 Å². The number of rotatable bonds is 8. The van der Waals surface area contributed by atoms with Crippen LogP contribution < -0.4 is 18.9 Å². The normalized spacial score (nSPS) is 11.2. The molecule has 0 bridgehead atoms. The van der Waals surface area contributed by atoms with Crippen LogP contribution in [0, 0.1) is 0 Å². The van der Waals surface area contributed by atoms with E-state index >= 15 is 0 Å². The minimum Gasteiger partial charge on any atom is -0.493 e. The van der Waals surface area contributed by atoms with Crippen LogP contribution in [0.5, 0.6) is 17.2 Å². The van der Waals surface area contributed by atoms with E-state index < -0.39 is 10.0 Å². The number of benzene rings is 2. The Morgan fingerprint density at radius 1 is 1.08 bits per heavy atom. The molecule has 2 aromatic carbocycles. The predicted molar refractivity (Wildman–Crippen MR) is 99.4 cm³/mol. The van der Waals surface area contributed by atoms with Gasteiger partial charge in [-0.2, -0.15) is 0 Å². The zero-order chi connectivity index (χ0) is 18.4. The molecule has 1 N–H and O–H groups in total. The van der Waals surface area contributed by atoms with Crippen molar-refractivity contribution in [1.82, 2.24) is 4.72 Å². The Hall–Kier alpha value is -1.48. The number of hydrogen-bond acceptors (Lipinski definition) is 5. The van der Waals surface area contributed by atoms with Gasteiger partial charge in [0, 0.05) is 22.1 Å². The van der Waals surface area contributed by atoms with Crippen LogP contribution in [0.15, 0.2) is 45.8 Å². The van der Waals surface area contributed by atoms with Crippen LogP contribution in [-0.4, -0.2) is 35.8 Å². The van der Waals surface area contributed by atoms with Crippen LogP contribution in [-0.2, 0) is 10.0 Å².